The van der Waals surface area contributed by atoms with E-state index in [1.165, 1.54) is 161 Å². The molecule has 1 amide bonds. The first-order valence-electron chi connectivity index (χ1n) is 35.2. The lowest BCUT2D eigenvalue weighted by molar-refractivity contribution is -0.870. The number of phosphoric ester groups is 1. The van der Waals surface area contributed by atoms with E-state index < -0.39 is 20.0 Å². The number of allylic oxidation sites excluding steroid dienone is 23. The van der Waals surface area contributed by atoms with E-state index in [4.69, 9.17) is 9.05 Å². The predicted octanol–water partition coefficient (Wildman–Crippen LogP) is 22.8. The molecule has 0 aromatic carbocycles. The maximum Gasteiger partial charge on any atom is 0.472 e. The monoisotopic (exact) mass is 1210 g/mol. The van der Waals surface area contributed by atoms with Gasteiger partial charge in [-0.25, -0.2) is 4.57 Å². The number of rotatable bonds is 63. The number of phosphoric acid groups is 1. The molecule has 0 aliphatic rings. The first-order chi connectivity index (χ1) is 42.0. The summed E-state index contributed by atoms with van der Waals surface area (Å²) in [7, 11) is 1.54. The molecule has 492 valence electrons. The lowest BCUT2D eigenvalue weighted by atomic mass is 10.0. The third kappa shape index (κ3) is 67.9. The highest BCUT2D eigenvalue weighted by Crippen LogP contribution is 2.43. The van der Waals surface area contributed by atoms with Crippen molar-refractivity contribution < 1.29 is 32.9 Å². The van der Waals surface area contributed by atoms with Crippen LogP contribution in [0, 0.1) is 0 Å². The van der Waals surface area contributed by atoms with Gasteiger partial charge in [0.1, 0.15) is 13.2 Å². The van der Waals surface area contributed by atoms with E-state index in [1.54, 1.807) is 6.08 Å². The van der Waals surface area contributed by atoms with Crippen molar-refractivity contribution in [1.29, 1.82) is 0 Å². The van der Waals surface area contributed by atoms with Gasteiger partial charge in [-0.2, -0.15) is 0 Å². The number of unbranched alkanes of at least 4 members (excludes halogenated alkanes) is 28. The Bertz CT molecular complexity index is 1910. The molecule has 0 spiro atoms. The van der Waals surface area contributed by atoms with E-state index in [1.807, 2.05) is 27.2 Å². The van der Waals surface area contributed by atoms with E-state index in [2.05, 4.69) is 153 Å². The number of nitrogens with zero attached hydrogens (tertiary/aromatic N) is 1. The van der Waals surface area contributed by atoms with Gasteiger partial charge in [-0.1, -0.05) is 307 Å². The second-order valence-corrected chi connectivity index (χ2v) is 26.0. The van der Waals surface area contributed by atoms with E-state index in [0.29, 0.717) is 17.4 Å². The van der Waals surface area contributed by atoms with Gasteiger partial charge in [0.15, 0.2) is 0 Å². The molecule has 0 aromatic heterocycles. The number of hydrogen-bond acceptors (Lipinski definition) is 5. The molecule has 0 saturated carbocycles. The van der Waals surface area contributed by atoms with Crippen LogP contribution in [0.15, 0.2) is 146 Å². The number of amides is 1. The zero-order valence-electron chi connectivity index (χ0n) is 56.3. The Morgan fingerprint density at radius 3 is 1.07 bits per heavy atom. The number of carbonyl (C=O) groups excluding carboxylic acids is 1. The minimum atomic E-state index is -4.37. The summed E-state index contributed by atoms with van der Waals surface area (Å²) in [4.78, 5) is 23.4. The summed E-state index contributed by atoms with van der Waals surface area (Å²) in [5.41, 5.74) is 0. The second kappa shape index (κ2) is 65.8. The summed E-state index contributed by atoms with van der Waals surface area (Å²) in [6, 6.07) is -0.881. The number of aliphatic hydroxyl groups excluding tert-OH is 1. The molecule has 86 heavy (non-hydrogen) atoms. The van der Waals surface area contributed by atoms with Crippen molar-refractivity contribution in [2.75, 3.05) is 40.9 Å². The molecule has 0 aliphatic carbocycles. The van der Waals surface area contributed by atoms with E-state index in [0.717, 1.165) is 103 Å². The summed E-state index contributed by atoms with van der Waals surface area (Å²) in [5, 5.41) is 14.0. The lowest BCUT2D eigenvalue weighted by Crippen LogP contribution is -2.45. The highest BCUT2D eigenvalue weighted by Gasteiger charge is 2.28. The lowest BCUT2D eigenvalue weighted by Gasteiger charge is -2.25. The van der Waals surface area contributed by atoms with Crippen LogP contribution in [0.5, 0.6) is 0 Å². The summed E-state index contributed by atoms with van der Waals surface area (Å²) in [6.45, 7) is 4.68. The van der Waals surface area contributed by atoms with Gasteiger partial charge in [0.25, 0.3) is 0 Å². The third-order valence-corrected chi connectivity index (χ3v) is 16.0. The minimum absolute atomic E-state index is 0.0476. The Morgan fingerprint density at radius 1 is 0.407 bits per heavy atom. The van der Waals surface area contributed by atoms with Crippen molar-refractivity contribution in [2.45, 2.75) is 296 Å². The smallest absolute Gasteiger partial charge is 0.387 e. The molecule has 0 rings (SSSR count). The molecule has 0 aliphatic heterocycles. The van der Waals surface area contributed by atoms with Gasteiger partial charge in [-0.3, -0.25) is 13.8 Å². The molecule has 0 radical (unpaired) electrons. The minimum Gasteiger partial charge on any atom is -0.387 e. The van der Waals surface area contributed by atoms with Crippen LogP contribution in [0.4, 0.5) is 0 Å². The number of hydrogen-bond donors (Lipinski definition) is 3. The van der Waals surface area contributed by atoms with Gasteiger partial charge in [-0.15, -0.1) is 0 Å². The van der Waals surface area contributed by atoms with Crippen LogP contribution < -0.4 is 5.32 Å². The molecule has 9 heteroatoms. The fraction of sp³-hybridized carbons (Fsp3) is 0.675. The first-order valence-corrected chi connectivity index (χ1v) is 36.7. The van der Waals surface area contributed by atoms with Crippen molar-refractivity contribution in [3.8, 4) is 0 Å². The standard InChI is InChI=1S/C77H133N2O6P/c1-6-8-10-12-14-16-18-20-22-24-26-28-30-31-32-33-34-35-36-37-38-39-40-41-42-43-44-45-46-47-49-51-53-55-57-59-61-63-65-67-69-71-77(81)78-75(74-85-86(82,83)84-73-72-79(3,4)5)76(80)70-68-66-64-62-60-58-56-54-52-50-48-29-27-25-23-21-19-17-15-13-11-9-7-2/h8,10,14,16,20,22,26,28,31-32,34-35,37-38,40-41,43-44,52,54,60,62,68,70,75-76,80H,6-7,9,11-13,15,17-19,21,23-25,27,29-30,33,36,39,42,45-51,53,55-59,61,63-67,69,71-74H2,1-5H3,(H-,78,81,82,83)/p+1/b10-8-,16-14-,22-20-,28-26-,32-31-,35-34-,38-37-,41-40-,44-43-,54-52+,62-60+,70-68+. The normalized spacial score (nSPS) is 14.5. The average Bonchev–Trinajstić information content (AvgIpc) is 3.70. The largest absolute Gasteiger partial charge is 0.472 e. The van der Waals surface area contributed by atoms with Gasteiger partial charge in [0.2, 0.25) is 5.91 Å². The zero-order chi connectivity index (χ0) is 62.6. The third-order valence-electron chi connectivity index (χ3n) is 15.0. The molecule has 0 heterocycles. The van der Waals surface area contributed by atoms with Crippen LogP contribution in [0.3, 0.4) is 0 Å². The van der Waals surface area contributed by atoms with Crippen molar-refractivity contribution in [1.82, 2.24) is 5.32 Å². The Labute approximate surface area is 531 Å². The van der Waals surface area contributed by atoms with E-state index >= 15 is 0 Å². The topological polar surface area (TPSA) is 105 Å². The van der Waals surface area contributed by atoms with E-state index in [9.17, 15) is 19.4 Å². The number of likely N-dealkylation sites (N-methyl/N-ethyl adjacent to an activating group) is 1. The van der Waals surface area contributed by atoms with Crippen LogP contribution in [0.1, 0.15) is 284 Å². The molecule has 0 fully saturated rings. The first kappa shape index (κ1) is 82.4. The van der Waals surface area contributed by atoms with Crippen molar-refractivity contribution in [3.63, 3.8) is 0 Å². The van der Waals surface area contributed by atoms with Gasteiger partial charge in [0.05, 0.1) is 39.9 Å². The number of nitrogens with one attached hydrogen (secondary N) is 1. The number of carbonyl (C=O) groups is 1. The maximum atomic E-state index is 13.0. The molecular formula is C77H134N2O6P+. The van der Waals surface area contributed by atoms with E-state index in [-0.39, 0.29) is 19.1 Å². The highest BCUT2D eigenvalue weighted by atomic mass is 31.2. The van der Waals surface area contributed by atoms with Crippen LogP contribution >= 0.6 is 7.82 Å². The predicted molar refractivity (Wildman–Crippen MR) is 378 cm³/mol. The molecule has 0 aromatic rings. The molecule has 3 atom stereocenters. The van der Waals surface area contributed by atoms with Crippen molar-refractivity contribution in [3.05, 3.63) is 146 Å². The Hall–Kier alpha value is -3.62. The summed E-state index contributed by atoms with van der Waals surface area (Å²) >= 11 is 0. The van der Waals surface area contributed by atoms with Gasteiger partial charge >= 0.3 is 7.82 Å². The SMILES string of the molecule is CC/C=C\C/C=C\C/C=C\C/C=C\C/C=C\C/C=C\C/C=C\C/C=C\C/C=C\CCCCCCCCCCCCCCCC(=O)NC(COP(=O)(O)OCC[N+](C)(C)C)C(O)/C=C/CC/C=C/CC/C=C/CCCCCCCCCCCCCCC. The van der Waals surface area contributed by atoms with Gasteiger partial charge in [0, 0.05) is 6.42 Å². The zero-order valence-corrected chi connectivity index (χ0v) is 57.1. The Kier molecular flexibility index (Phi) is 63.0. The number of aliphatic hydroxyl groups is 1. The quantitative estimate of drug-likeness (QED) is 0.0243. The van der Waals surface area contributed by atoms with Gasteiger partial charge in [-0.05, 0) is 116 Å². The Morgan fingerprint density at radius 2 is 0.709 bits per heavy atom. The second-order valence-electron chi connectivity index (χ2n) is 24.5. The van der Waals surface area contributed by atoms with Crippen LogP contribution in [0.25, 0.3) is 0 Å². The molecule has 3 N–H and O–H groups in total. The molecule has 0 bridgehead atoms. The highest BCUT2D eigenvalue weighted by molar-refractivity contribution is 7.47. The number of quaternary nitrogens is 1. The summed E-state index contributed by atoms with van der Waals surface area (Å²) in [5.74, 6) is -0.196. The molecular weight excluding hydrogens is 1080 g/mol. The molecule has 3 unspecified atom stereocenters. The van der Waals surface area contributed by atoms with Crippen molar-refractivity contribution >= 4 is 13.7 Å². The fourth-order valence-corrected chi connectivity index (χ4v) is 10.3. The Balaban J connectivity index is 4.13. The van der Waals surface area contributed by atoms with Crippen LogP contribution in [0.2, 0.25) is 0 Å². The van der Waals surface area contributed by atoms with Crippen LogP contribution in [-0.2, 0) is 18.4 Å². The fourth-order valence-electron chi connectivity index (χ4n) is 9.60. The maximum absolute atomic E-state index is 13.0. The average molecular weight is 1210 g/mol. The summed E-state index contributed by atoms with van der Waals surface area (Å²) in [6.07, 6.45) is 101. The summed E-state index contributed by atoms with van der Waals surface area (Å²) < 4.78 is 23.8. The van der Waals surface area contributed by atoms with Gasteiger partial charge < -0.3 is 19.8 Å². The van der Waals surface area contributed by atoms with Crippen molar-refractivity contribution in [2.24, 2.45) is 0 Å². The van der Waals surface area contributed by atoms with Crippen LogP contribution in [-0.4, -0.2) is 73.4 Å². The molecule has 0 saturated heterocycles. The molecule has 8 nitrogen and oxygen atoms in total.